The quantitative estimate of drug-likeness (QED) is 0.784. The highest BCUT2D eigenvalue weighted by molar-refractivity contribution is 9.10. The lowest BCUT2D eigenvalue weighted by Crippen LogP contribution is -2.11. The van der Waals surface area contributed by atoms with E-state index in [0.717, 1.165) is 5.56 Å². The summed E-state index contributed by atoms with van der Waals surface area (Å²) in [6, 6.07) is 13.5. The van der Waals surface area contributed by atoms with Crippen LogP contribution in [0.3, 0.4) is 0 Å². The van der Waals surface area contributed by atoms with Crippen LogP contribution < -0.4 is 5.73 Å². The molecule has 3 rings (SSSR count). The Morgan fingerprint density at radius 3 is 2.57 bits per heavy atom. The van der Waals surface area contributed by atoms with Gasteiger partial charge in [-0.2, -0.15) is 0 Å². The molecule has 0 aliphatic heterocycles. The van der Waals surface area contributed by atoms with Crippen molar-refractivity contribution >= 4 is 15.9 Å². The van der Waals surface area contributed by atoms with Gasteiger partial charge < -0.3 is 10.2 Å². The van der Waals surface area contributed by atoms with Crippen molar-refractivity contribution in [3.8, 4) is 11.5 Å². The van der Waals surface area contributed by atoms with Crippen molar-refractivity contribution in [3.63, 3.8) is 0 Å². The summed E-state index contributed by atoms with van der Waals surface area (Å²) in [5.41, 5.74) is 7.17. The molecule has 0 amide bonds. The van der Waals surface area contributed by atoms with Crippen molar-refractivity contribution in [1.29, 1.82) is 0 Å². The summed E-state index contributed by atoms with van der Waals surface area (Å²) in [5.74, 6) is -0.0762. The summed E-state index contributed by atoms with van der Waals surface area (Å²) in [5, 5.41) is 7.78. The van der Waals surface area contributed by atoms with Gasteiger partial charge in [0.2, 0.25) is 5.89 Å². The first-order valence-electron chi connectivity index (χ1n) is 6.24. The molecule has 0 radical (unpaired) electrons. The predicted molar refractivity (Wildman–Crippen MR) is 79.9 cm³/mol. The molecule has 4 nitrogen and oxygen atoms in total. The topological polar surface area (TPSA) is 64.9 Å². The first kappa shape index (κ1) is 13.9. The van der Waals surface area contributed by atoms with Gasteiger partial charge in [0.1, 0.15) is 11.9 Å². The van der Waals surface area contributed by atoms with Gasteiger partial charge in [0.15, 0.2) is 0 Å². The minimum absolute atomic E-state index is 0.112. The molecule has 106 valence electrons. The molecule has 2 aromatic carbocycles. The van der Waals surface area contributed by atoms with E-state index in [0.29, 0.717) is 4.47 Å². The van der Waals surface area contributed by atoms with Crippen LogP contribution in [0, 0.1) is 5.82 Å². The van der Waals surface area contributed by atoms with Crippen LogP contribution in [0.15, 0.2) is 57.4 Å². The molecule has 0 aliphatic carbocycles. The van der Waals surface area contributed by atoms with Crippen molar-refractivity contribution < 1.29 is 8.81 Å². The molecule has 21 heavy (non-hydrogen) atoms. The lowest BCUT2D eigenvalue weighted by atomic mass is 10.1. The van der Waals surface area contributed by atoms with E-state index in [-0.39, 0.29) is 17.3 Å². The third kappa shape index (κ3) is 2.86. The zero-order valence-corrected chi connectivity index (χ0v) is 12.4. The number of halogens is 2. The van der Waals surface area contributed by atoms with Gasteiger partial charge in [-0.15, -0.1) is 10.2 Å². The number of aromatic nitrogens is 2. The second-order valence-electron chi connectivity index (χ2n) is 4.46. The molecule has 0 aliphatic rings. The molecule has 0 saturated carbocycles. The molecule has 0 bridgehead atoms. The Kier molecular flexibility index (Phi) is 3.81. The molecule has 1 aromatic heterocycles. The predicted octanol–water partition coefficient (Wildman–Crippen LogP) is 3.69. The van der Waals surface area contributed by atoms with E-state index in [9.17, 15) is 4.39 Å². The van der Waals surface area contributed by atoms with E-state index in [1.807, 2.05) is 30.3 Å². The smallest absolute Gasteiger partial charge is 0.250 e. The van der Waals surface area contributed by atoms with Crippen molar-refractivity contribution in [3.05, 3.63) is 70.3 Å². The fourth-order valence-corrected chi connectivity index (χ4v) is 2.27. The number of benzene rings is 2. The second-order valence-corrected chi connectivity index (χ2v) is 5.37. The zero-order chi connectivity index (χ0) is 14.8. The molecule has 0 fully saturated rings. The number of nitrogens with two attached hydrogens (primary N) is 1. The van der Waals surface area contributed by atoms with Crippen molar-refractivity contribution in [2.24, 2.45) is 5.73 Å². The molecule has 3 aromatic rings. The molecule has 0 saturated heterocycles. The molecule has 6 heteroatoms. The molecule has 1 atom stereocenters. The highest BCUT2D eigenvalue weighted by Crippen LogP contribution is 2.26. The van der Waals surface area contributed by atoms with Crippen molar-refractivity contribution in [2.45, 2.75) is 6.04 Å². The third-order valence-corrected chi connectivity index (χ3v) is 3.52. The van der Waals surface area contributed by atoms with Gasteiger partial charge in [-0.3, -0.25) is 0 Å². The second kappa shape index (κ2) is 5.75. The molecule has 1 unspecified atom stereocenters. The molecular formula is C15H11BrFN3O. The number of rotatable bonds is 3. The number of hydrogen-bond donors (Lipinski definition) is 1. The third-order valence-electron chi connectivity index (χ3n) is 3.03. The summed E-state index contributed by atoms with van der Waals surface area (Å²) in [6.45, 7) is 0. The first-order chi connectivity index (χ1) is 10.1. The van der Waals surface area contributed by atoms with Crippen LogP contribution in [0.5, 0.6) is 0 Å². The van der Waals surface area contributed by atoms with Crippen LogP contribution in [0.4, 0.5) is 4.39 Å². The fourth-order valence-electron chi connectivity index (χ4n) is 1.93. The Bertz CT molecular complexity index is 761. The standard InChI is InChI=1S/C15H11BrFN3O/c16-10-6-7-11(12(17)8-10)14-19-20-15(21-14)13(18)9-4-2-1-3-5-9/h1-8,13H,18H2. The highest BCUT2D eigenvalue weighted by Gasteiger charge is 2.18. The summed E-state index contributed by atoms with van der Waals surface area (Å²) < 4.78 is 20.0. The zero-order valence-electron chi connectivity index (χ0n) is 10.8. The number of nitrogens with zero attached hydrogens (tertiary/aromatic N) is 2. The average molecular weight is 348 g/mol. The summed E-state index contributed by atoms with van der Waals surface area (Å²) >= 11 is 3.20. The van der Waals surface area contributed by atoms with E-state index in [2.05, 4.69) is 26.1 Å². The van der Waals surface area contributed by atoms with Gasteiger partial charge >= 0.3 is 0 Å². The van der Waals surface area contributed by atoms with Crippen LogP contribution in [0.25, 0.3) is 11.5 Å². The maximum absolute atomic E-state index is 13.9. The van der Waals surface area contributed by atoms with E-state index in [4.69, 9.17) is 10.2 Å². The Morgan fingerprint density at radius 2 is 1.86 bits per heavy atom. The van der Waals surface area contributed by atoms with E-state index in [1.54, 1.807) is 12.1 Å². The van der Waals surface area contributed by atoms with E-state index < -0.39 is 11.9 Å². The monoisotopic (exact) mass is 347 g/mol. The maximum atomic E-state index is 13.9. The van der Waals surface area contributed by atoms with Gasteiger partial charge in [-0.05, 0) is 23.8 Å². The van der Waals surface area contributed by atoms with Crippen molar-refractivity contribution in [1.82, 2.24) is 10.2 Å². The lowest BCUT2D eigenvalue weighted by Gasteiger charge is -2.06. The maximum Gasteiger partial charge on any atom is 0.250 e. The summed E-state index contributed by atoms with van der Waals surface area (Å²) in [4.78, 5) is 0. The molecule has 2 N–H and O–H groups in total. The number of hydrogen-bond acceptors (Lipinski definition) is 4. The Morgan fingerprint density at radius 1 is 1.10 bits per heavy atom. The molecular weight excluding hydrogens is 337 g/mol. The van der Waals surface area contributed by atoms with Crippen LogP contribution >= 0.6 is 15.9 Å². The minimum atomic E-state index is -0.536. The van der Waals surface area contributed by atoms with Crippen LogP contribution in [0.1, 0.15) is 17.5 Å². The van der Waals surface area contributed by atoms with Gasteiger partial charge in [-0.25, -0.2) is 4.39 Å². The Hall–Kier alpha value is -2.05. The SMILES string of the molecule is NC(c1ccccc1)c1nnc(-c2ccc(Br)cc2F)o1. The van der Waals surface area contributed by atoms with Crippen LogP contribution in [0.2, 0.25) is 0 Å². The fraction of sp³-hybridized carbons (Fsp3) is 0.0667. The van der Waals surface area contributed by atoms with Crippen molar-refractivity contribution in [2.75, 3.05) is 0 Å². The van der Waals surface area contributed by atoms with Gasteiger partial charge in [0.25, 0.3) is 5.89 Å². The Balaban J connectivity index is 1.93. The molecule has 1 heterocycles. The molecule has 0 spiro atoms. The minimum Gasteiger partial charge on any atom is -0.418 e. The van der Waals surface area contributed by atoms with Crippen LogP contribution in [-0.4, -0.2) is 10.2 Å². The lowest BCUT2D eigenvalue weighted by molar-refractivity contribution is 0.481. The van der Waals surface area contributed by atoms with Crippen LogP contribution in [-0.2, 0) is 0 Å². The van der Waals surface area contributed by atoms with E-state index >= 15 is 0 Å². The average Bonchev–Trinajstić information content (AvgIpc) is 2.97. The van der Waals surface area contributed by atoms with Gasteiger partial charge in [0, 0.05) is 4.47 Å². The summed E-state index contributed by atoms with van der Waals surface area (Å²) in [7, 11) is 0. The first-order valence-corrected chi connectivity index (χ1v) is 7.04. The Labute approximate surface area is 128 Å². The summed E-state index contributed by atoms with van der Waals surface area (Å²) in [6.07, 6.45) is 0. The van der Waals surface area contributed by atoms with Gasteiger partial charge in [-0.1, -0.05) is 46.3 Å². The van der Waals surface area contributed by atoms with E-state index in [1.165, 1.54) is 6.07 Å². The highest BCUT2D eigenvalue weighted by atomic mass is 79.9. The normalized spacial score (nSPS) is 12.3. The van der Waals surface area contributed by atoms with Gasteiger partial charge in [0.05, 0.1) is 5.56 Å². The largest absolute Gasteiger partial charge is 0.418 e.